The van der Waals surface area contributed by atoms with Gasteiger partial charge in [0.1, 0.15) is 0 Å². The second-order valence-corrected chi connectivity index (χ2v) is 17.1. The summed E-state index contributed by atoms with van der Waals surface area (Å²) in [6.45, 7) is 27.4. The first-order valence-electron chi connectivity index (χ1n) is 25.7. The maximum Gasteiger partial charge on any atom is 0.0406 e. The second kappa shape index (κ2) is 30.6. The van der Waals surface area contributed by atoms with Gasteiger partial charge >= 0.3 is 0 Å². The van der Waals surface area contributed by atoms with Crippen LogP contribution in [-0.2, 0) is 5.41 Å². The highest BCUT2D eigenvalue weighted by atomic mass is 15.1. The molecular weight excluding hydrogens is 845 g/mol. The van der Waals surface area contributed by atoms with Crippen LogP contribution in [0.1, 0.15) is 121 Å². The van der Waals surface area contributed by atoms with E-state index in [1.807, 2.05) is 59.7 Å². The molecule has 0 amide bonds. The van der Waals surface area contributed by atoms with Crippen molar-refractivity contribution in [2.75, 3.05) is 19.4 Å². The summed E-state index contributed by atoms with van der Waals surface area (Å²) in [4.78, 5) is 2.22. The van der Waals surface area contributed by atoms with Crippen molar-refractivity contribution in [1.29, 1.82) is 0 Å². The van der Waals surface area contributed by atoms with Gasteiger partial charge in [0.15, 0.2) is 0 Å². The number of benzene rings is 7. The van der Waals surface area contributed by atoms with Gasteiger partial charge in [-0.05, 0) is 127 Å². The van der Waals surface area contributed by atoms with E-state index >= 15 is 0 Å². The SMILES string of the molecule is CC.CC.CC.C\C=C/C=C(C)/C(=C(/CCC)Nc1ccc(-c2ccc(-c3ccccc3C)c(C)c2)cc1)c1ccc(C(C)(/C=C(/c2ccccc2)N(C)C)c2ccccc2)cc1.Cc1ccccc1. The quantitative estimate of drug-likeness (QED) is 0.109. The molecule has 0 fully saturated rings. The molecule has 2 heteroatoms. The second-order valence-electron chi connectivity index (χ2n) is 17.1. The fraction of sp³-hybridized carbons (Fsp3) is 0.265. The van der Waals surface area contributed by atoms with E-state index < -0.39 is 0 Å². The van der Waals surface area contributed by atoms with Gasteiger partial charge < -0.3 is 10.2 Å². The number of nitrogens with zero attached hydrogens (tertiary/aromatic N) is 1. The molecule has 0 saturated carbocycles. The lowest BCUT2D eigenvalue weighted by atomic mass is 9.74. The number of hydrogen-bond donors (Lipinski definition) is 1. The average Bonchev–Trinajstić information content (AvgIpc) is 3.40. The van der Waals surface area contributed by atoms with Crippen LogP contribution in [0.15, 0.2) is 218 Å². The van der Waals surface area contributed by atoms with Crippen molar-refractivity contribution >= 4 is 17.0 Å². The van der Waals surface area contributed by atoms with Crippen LogP contribution in [0.2, 0.25) is 0 Å². The lowest BCUT2D eigenvalue weighted by Gasteiger charge is -2.31. The van der Waals surface area contributed by atoms with Gasteiger partial charge in [-0.3, -0.25) is 0 Å². The van der Waals surface area contributed by atoms with Crippen molar-refractivity contribution in [2.24, 2.45) is 0 Å². The van der Waals surface area contributed by atoms with E-state index in [0.29, 0.717) is 0 Å². The third kappa shape index (κ3) is 16.1. The van der Waals surface area contributed by atoms with Gasteiger partial charge in [-0.25, -0.2) is 0 Å². The van der Waals surface area contributed by atoms with Gasteiger partial charge in [0, 0.05) is 42.2 Å². The minimum Gasteiger partial charge on any atom is -0.377 e. The van der Waals surface area contributed by atoms with Crippen molar-refractivity contribution < 1.29 is 0 Å². The number of allylic oxidation sites excluding steroid dienone is 7. The summed E-state index contributed by atoms with van der Waals surface area (Å²) in [5.74, 6) is 0. The molecule has 0 aliphatic heterocycles. The third-order valence-electron chi connectivity index (χ3n) is 12.0. The molecule has 0 aromatic heterocycles. The highest BCUT2D eigenvalue weighted by Gasteiger charge is 2.28. The Morgan fingerprint density at radius 1 is 0.557 bits per heavy atom. The lowest BCUT2D eigenvalue weighted by Crippen LogP contribution is -2.24. The summed E-state index contributed by atoms with van der Waals surface area (Å²) in [5.41, 5.74) is 19.4. The summed E-state index contributed by atoms with van der Waals surface area (Å²) in [7, 11) is 4.26. The monoisotopic (exact) mass is 929 g/mol. The highest BCUT2D eigenvalue weighted by Crippen LogP contribution is 2.39. The van der Waals surface area contributed by atoms with Crippen LogP contribution in [0, 0.1) is 20.8 Å². The van der Waals surface area contributed by atoms with Crippen LogP contribution in [0.3, 0.4) is 0 Å². The predicted octanol–water partition coefficient (Wildman–Crippen LogP) is 19.8. The number of nitrogens with one attached hydrogen (secondary N) is 1. The fourth-order valence-corrected chi connectivity index (χ4v) is 8.39. The van der Waals surface area contributed by atoms with Gasteiger partial charge in [-0.2, -0.15) is 0 Å². The summed E-state index contributed by atoms with van der Waals surface area (Å²) in [6.07, 6.45) is 10.8. The van der Waals surface area contributed by atoms with E-state index in [2.05, 4.69) is 261 Å². The van der Waals surface area contributed by atoms with Gasteiger partial charge in [-0.15, -0.1) is 0 Å². The first-order valence-corrected chi connectivity index (χ1v) is 25.7. The number of hydrogen-bond acceptors (Lipinski definition) is 2. The molecule has 70 heavy (non-hydrogen) atoms. The van der Waals surface area contributed by atoms with E-state index in [0.717, 1.165) is 18.5 Å². The largest absolute Gasteiger partial charge is 0.377 e. The molecule has 0 spiro atoms. The zero-order valence-electron chi connectivity index (χ0n) is 45.5. The number of rotatable bonds is 14. The minimum absolute atomic E-state index is 0.374. The molecule has 0 bridgehead atoms. The maximum absolute atomic E-state index is 3.89. The topological polar surface area (TPSA) is 15.3 Å². The van der Waals surface area contributed by atoms with Crippen LogP contribution >= 0.6 is 0 Å². The zero-order valence-corrected chi connectivity index (χ0v) is 45.5. The van der Waals surface area contributed by atoms with Crippen molar-refractivity contribution in [3.8, 4) is 22.3 Å². The molecule has 0 saturated heterocycles. The summed E-state index contributed by atoms with van der Waals surface area (Å²) in [6, 6.07) is 65.4. The van der Waals surface area contributed by atoms with Gasteiger partial charge in [-0.1, -0.05) is 249 Å². The van der Waals surface area contributed by atoms with E-state index in [-0.39, 0.29) is 5.41 Å². The molecule has 366 valence electrons. The molecular formula is C68H84N2. The minimum atomic E-state index is -0.374. The summed E-state index contributed by atoms with van der Waals surface area (Å²) >= 11 is 0. The number of anilines is 1. The van der Waals surface area contributed by atoms with Crippen molar-refractivity contribution in [3.63, 3.8) is 0 Å². The van der Waals surface area contributed by atoms with Crippen molar-refractivity contribution in [3.05, 3.63) is 257 Å². The Morgan fingerprint density at radius 3 is 1.59 bits per heavy atom. The van der Waals surface area contributed by atoms with Crippen LogP contribution in [0.5, 0.6) is 0 Å². The van der Waals surface area contributed by atoms with Gasteiger partial charge in [0.05, 0.1) is 0 Å². The molecule has 7 rings (SSSR count). The third-order valence-corrected chi connectivity index (χ3v) is 12.0. The maximum atomic E-state index is 3.89. The van der Waals surface area contributed by atoms with E-state index in [9.17, 15) is 0 Å². The van der Waals surface area contributed by atoms with Crippen LogP contribution in [0.25, 0.3) is 33.5 Å². The molecule has 7 aromatic rings. The number of aryl methyl sites for hydroxylation is 3. The van der Waals surface area contributed by atoms with Crippen LogP contribution in [-0.4, -0.2) is 19.0 Å². The Hall–Kier alpha value is -6.90. The standard InChI is InChI=1S/C55H58N2.C7H8.3C2H6/c1-9-11-21-41(4)54(45-28-33-48(34-29-45)55(6,47-25-16-13-17-26-47)39-53(57(7)8)44-23-14-12-15-24-44)52(20-10-2)56-49-35-30-43(31-36-49)46-32-37-51(42(5)38-46)50-27-19-18-22-40(50)3;1-7-5-3-2-4-6-7;3*1-2/h9,11-19,21-39,56H,10,20H2,1-8H3;2-6H,1H3;3*1-2H3/b11-9-,41-21+,53-39-,54-52+;;;;. The summed E-state index contributed by atoms with van der Waals surface area (Å²) < 4.78 is 0. The molecule has 1 unspecified atom stereocenters. The molecule has 0 heterocycles. The molecule has 2 nitrogen and oxygen atoms in total. The lowest BCUT2D eigenvalue weighted by molar-refractivity contribution is 0.580. The predicted molar refractivity (Wildman–Crippen MR) is 313 cm³/mol. The zero-order chi connectivity index (χ0) is 51.5. The van der Waals surface area contributed by atoms with Gasteiger partial charge in [0.25, 0.3) is 0 Å². The van der Waals surface area contributed by atoms with E-state index in [1.54, 1.807) is 0 Å². The molecule has 0 radical (unpaired) electrons. The fourth-order valence-electron chi connectivity index (χ4n) is 8.39. The van der Waals surface area contributed by atoms with Crippen molar-refractivity contribution in [2.45, 2.75) is 108 Å². The molecule has 1 atom stereocenters. The highest BCUT2D eigenvalue weighted by molar-refractivity contribution is 5.84. The smallest absolute Gasteiger partial charge is 0.0406 e. The average molecular weight is 929 g/mol. The Kier molecular flexibility index (Phi) is 25.1. The molecule has 1 N–H and O–H groups in total. The van der Waals surface area contributed by atoms with Crippen LogP contribution < -0.4 is 5.32 Å². The van der Waals surface area contributed by atoms with E-state index in [4.69, 9.17) is 0 Å². The Labute approximate surface area is 426 Å². The van der Waals surface area contributed by atoms with Crippen LogP contribution in [0.4, 0.5) is 5.69 Å². The molecule has 7 aromatic carbocycles. The van der Waals surface area contributed by atoms with E-state index in [1.165, 1.54) is 83.7 Å². The van der Waals surface area contributed by atoms with Gasteiger partial charge in [0.2, 0.25) is 0 Å². The first-order chi connectivity index (χ1) is 34.0. The molecule has 0 aliphatic carbocycles. The first kappa shape index (κ1) is 57.4. The molecule has 0 aliphatic rings. The Morgan fingerprint density at radius 2 is 1.07 bits per heavy atom. The Balaban J connectivity index is 0.000000886. The Bertz CT molecular complexity index is 2680. The normalized spacial score (nSPS) is 12.2. The summed E-state index contributed by atoms with van der Waals surface area (Å²) in [5, 5.41) is 3.89. The van der Waals surface area contributed by atoms with Crippen molar-refractivity contribution in [1.82, 2.24) is 4.90 Å².